The molecule has 4 aromatic rings. The second kappa shape index (κ2) is 12.8. The second-order valence-electron chi connectivity index (χ2n) is 9.37. The second-order valence-corrected chi connectivity index (χ2v) is 12.5. The molecule has 0 fully saturated rings. The van der Waals surface area contributed by atoms with Crippen molar-refractivity contribution < 1.29 is 54.5 Å². The van der Waals surface area contributed by atoms with Gasteiger partial charge in [0.05, 0.1) is 6.10 Å². The summed E-state index contributed by atoms with van der Waals surface area (Å²) in [5.41, 5.74) is -0.193. The number of hydrogen-bond donors (Lipinski definition) is 1. The highest BCUT2D eigenvalue weighted by Crippen LogP contribution is 2.58. The first-order valence-corrected chi connectivity index (χ1v) is 15.0. The molecule has 1 N–H and O–H groups in total. The molecule has 4 rings (SSSR count). The Morgan fingerprint density at radius 1 is 0.860 bits per heavy atom. The Balaban J connectivity index is 1.64. The van der Waals surface area contributed by atoms with Gasteiger partial charge < -0.3 is 14.0 Å². The van der Waals surface area contributed by atoms with Crippen LogP contribution in [0.25, 0.3) is 10.1 Å². The zero-order valence-corrected chi connectivity index (χ0v) is 24.2. The summed E-state index contributed by atoms with van der Waals surface area (Å²) in [6, 6.07) is 11.3. The Hall–Kier alpha value is -3.87. The van der Waals surface area contributed by atoms with E-state index in [1.165, 1.54) is 37.3 Å². The largest absolute Gasteiger partial charge is 0.462 e. The maximum Gasteiger partial charge on any atom is 0.355 e. The Morgan fingerprint density at radius 3 is 2.07 bits per heavy atom. The minimum absolute atomic E-state index is 0.0418. The third-order valence-electron chi connectivity index (χ3n) is 5.74. The van der Waals surface area contributed by atoms with Crippen LogP contribution in [0.1, 0.15) is 41.9 Å². The molecule has 7 nitrogen and oxygen atoms in total. The molecule has 0 saturated carbocycles. The van der Waals surface area contributed by atoms with Crippen molar-refractivity contribution in [2.45, 2.75) is 38.8 Å². The highest BCUT2D eigenvalue weighted by Gasteiger charge is 2.41. The summed E-state index contributed by atoms with van der Waals surface area (Å²) in [5, 5.41) is 2.61. The molecule has 0 saturated heterocycles. The van der Waals surface area contributed by atoms with E-state index in [1.807, 2.05) is 0 Å². The van der Waals surface area contributed by atoms with Crippen molar-refractivity contribution in [3.05, 3.63) is 94.1 Å². The van der Waals surface area contributed by atoms with Gasteiger partial charge in [-0.25, -0.2) is 27.4 Å². The molecular formula is C28H22F6NO6PS. The number of ether oxygens (including phenoxy) is 2. The van der Waals surface area contributed by atoms with Crippen LogP contribution in [0.3, 0.4) is 0 Å². The number of carbonyl (C=O) groups is 2. The van der Waals surface area contributed by atoms with Crippen LogP contribution in [0, 0.1) is 29.1 Å². The summed E-state index contributed by atoms with van der Waals surface area (Å²) in [6.45, 7) is 4.53. The van der Waals surface area contributed by atoms with Crippen LogP contribution in [0.15, 0.2) is 54.6 Å². The van der Waals surface area contributed by atoms with Gasteiger partial charge in [0.15, 0.2) is 0 Å². The molecule has 3 aromatic carbocycles. The van der Waals surface area contributed by atoms with Crippen LogP contribution in [0.5, 0.6) is 11.5 Å². The quantitative estimate of drug-likeness (QED) is 0.0467. The van der Waals surface area contributed by atoms with Gasteiger partial charge in [0, 0.05) is 4.70 Å². The summed E-state index contributed by atoms with van der Waals surface area (Å²) in [6.07, 6.45) is -0.497. The standard InChI is InChI=1S/C28H22F6NO6PS/c1-13(2)39-27(36)14(3)35-42(38,41-17-7-5-4-6-8-17)26(34)15-9-10-18-16(11-15)12-19(43-18)28(37)40-25-23(32)21(30)20(29)22(31)24(25)33/h4-14,26H,1-3H3,(H,35,38)/t14-,26-,42+/m0/s1. The molecule has 0 unspecified atom stereocenters. The summed E-state index contributed by atoms with van der Waals surface area (Å²) >= 11 is 0.718. The van der Waals surface area contributed by atoms with Crippen molar-refractivity contribution in [3.63, 3.8) is 0 Å². The predicted molar refractivity (Wildman–Crippen MR) is 145 cm³/mol. The molecule has 1 heterocycles. The fraction of sp³-hybridized carbons (Fsp3) is 0.214. The number of halogens is 6. The topological polar surface area (TPSA) is 90.9 Å². The fourth-order valence-corrected chi connectivity index (χ4v) is 6.59. The van der Waals surface area contributed by atoms with E-state index in [0.29, 0.717) is 4.70 Å². The SMILES string of the molecule is CC(C)OC(=O)[C@H](C)N[P@](=O)(Oc1ccccc1)[C@H](F)c1ccc2sc(C(=O)Oc3c(F)c(F)c(F)c(F)c3F)cc2c1. The lowest BCUT2D eigenvalue weighted by Gasteiger charge is -2.26. The number of thiophene rings is 1. The van der Waals surface area contributed by atoms with Crippen LogP contribution in [0.2, 0.25) is 0 Å². The van der Waals surface area contributed by atoms with Crippen molar-refractivity contribution in [3.8, 4) is 11.5 Å². The number of nitrogens with one attached hydrogen (secondary N) is 1. The summed E-state index contributed by atoms with van der Waals surface area (Å²) in [5.74, 6) is -18.0. The zero-order valence-electron chi connectivity index (χ0n) is 22.5. The van der Waals surface area contributed by atoms with Gasteiger partial charge in [0.1, 0.15) is 16.7 Å². The van der Waals surface area contributed by atoms with Gasteiger partial charge >= 0.3 is 19.5 Å². The van der Waals surface area contributed by atoms with Crippen LogP contribution in [0.4, 0.5) is 26.3 Å². The first-order valence-electron chi connectivity index (χ1n) is 12.5. The maximum atomic E-state index is 16.1. The van der Waals surface area contributed by atoms with Crippen LogP contribution in [-0.4, -0.2) is 24.1 Å². The number of rotatable bonds is 10. The molecular weight excluding hydrogens is 623 g/mol. The van der Waals surface area contributed by atoms with E-state index in [0.717, 1.165) is 17.4 Å². The van der Waals surface area contributed by atoms with Crippen molar-refractivity contribution >= 4 is 40.9 Å². The predicted octanol–water partition coefficient (Wildman–Crippen LogP) is 7.99. The summed E-state index contributed by atoms with van der Waals surface area (Å²) < 4.78 is 114. The van der Waals surface area contributed by atoms with Gasteiger partial charge in [0.25, 0.3) is 0 Å². The summed E-state index contributed by atoms with van der Waals surface area (Å²) in [7, 11) is -4.56. The van der Waals surface area contributed by atoms with Gasteiger partial charge in [-0.05, 0) is 62.1 Å². The smallest absolute Gasteiger partial charge is 0.355 e. The lowest BCUT2D eigenvalue weighted by Crippen LogP contribution is -2.36. The number of hydrogen-bond acceptors (Lipinski definition) is 7. The van der Waals surface area contributed by atoms with Gasteiger partial charge in [-0.3, -0.25) is 9.36 Å². The first-order chi connectivity index (χ1) is 20.2. The van der Waals surface area contributed by atoms with Gasteiger partial charge in [0.2, 0.25) is 40.7 Å². The minimum Gasteiger partial charge on any atom is -0.462 e. The molecule has 0 amide bonds. The van der Waals surface area contributed by atoms with Crippen molar-refractivity contribution in [1.82, 2.24) is 5.09 Å². The van der Waals surface area contributed by atoms with Crippen molar-refractivity contribution in [1.29, 1.82) is 0 Å². The molecule has 0 aliphatic heterocycles. The number of carbonyl (C=O) groups excluding carboxylic acids is 2. The Labute approximate surface area is 244 Å². The van der Waals surface area contributed by atoms with Crippen LogP contribution >= 0.6 is 18.9 Å². The first kappa shape index (κ1) is 32.1. The highest BCUT2D eigenvalue weighted by molar-refractivity contribution is 7.57. The molecule has 3 atom stereocenters. The Kier molecular flexibility index (Phi) is 9.53. The van der Waals surface area contributed by atoms with Crippen LogP contribution < -0.4 is 14.3 Å². The van der Waals surface area contributed by atoms with Crippen molar-refractivity contribution in [2.75, 3.05) is 0 Å². The third-order valence-corrected chi connectivity index (χ3v) is 8.96. The molecule has 43 heavy (non-hydrogen) atoms. The fourth-order valence-electron chi connectivity index (χ4n) is 3.76. The Morgan fingerprint density at radius 2 is 1.47 bits per heavy atom. The maximum absolute atomic E-state index is 16.1. The van der Waals surface area contributed by atoms with E-state index in [1.54, 1.807) is 32.0 Å². The molecule has 0 radical (unpaired) electrons. The van der Waals surface area contributed by atoms with Crippen molar-refractivity contribution in [2.24, 2.45) is 0 Å². The molecule has 0 bridgehead atoms. The molecule has 1 aromatic heterocycles. The number of para-hydroxylation sites is 1. The third kappa shape index (κ3) is 6.87. The number of esters is 2. The van der Waals surface area contributed by atoms with E-state index in [2.05, 4.69) is 9.82 Å². The monoisotopic (exact) mass is 645 g/mol. The number of alkyl halides is 1. The summed E-state index contributed by atoms with van der Waals surface area (Å²) in [4.78, 5) is 24.6. The van der Waals surface area contributed by atoms with E-state index in [4.69, 9.17) is 9.26 Å². The minimum atomic E-state index is -4.56. The van der Waals surface area contributed by atoms with E-state index in [9.17, 15) is 36.1 Å². The Bertz CT molecular complexity index is 1700. The normalized spacial score (nSPS) is 14.3. The molecule has 0 aliphatic carbocycles. The molecule has 15 heteroatoms. The van der Waals surface area contributed by atoms with Gasteiger partial charge in [-0.2, -0.15) is 8.78 Å². The highest BCUT2D eigenvalue weighted by atomic mass is 32.1. The number of fused-ring (bicyclic) bond motifs is 1. The molecule has 0 spiro atoms. The molecule has 228 valence electrons. The van der Waals surface area contributed by atoms with E-state index < -0.39 is 72.4 Å². The lowest BCUT2D eigenvalue weighted by molar-refractivity contribution is -0.149. The van der Waals surface area contributed by atoms with Gasteiger partial charge in [-0.15, -0.1) is 11.3 Å². The zero-order chi connectivity index (χ0) is 31.6. The average molecular weight is 646 g/mol. The van der Waals surface area contributed by atoms with E-state index in [-0.39, 0.29) is 21.6 Å². The van der Waals surface area contributed by atoms with E-state index >= 15 is 4.39 Å². The van der Waals surface area contributed by atoms with Gasteiger partial charge in [-0.1, -0.05) is 24.3 Å². The van der Waals surface area contributed by atoms with Crippen LogP contribution in [-0.2, 0) is 14.1 Å². The lowest BCUT2D eigenvalue weighted by atomic mass is 10.2. The number of benzene rings is 3. The molecule has 0 aliphatic rings. The average Bonchev–Trinajstić information content (AvgIpc) is 3.40.